The Hall–Kier alpha value is -2.87. The third-order valence-corrected chi connectivity index (χ3v) is 5.71. The highest BCUT2D eigenvalue weighted by molar-refractivity contribution is 8.00. The van der Waals surface area contributed by atoms with E-state index in [9.17, 15) is 9.18 Å². The van der Waals surface area contributed by atoms with Crippen LogP contribution in [-0.2, 0) is 11.2 Å². The van der Waals surface area contributed by atoms with Crippen LogP contribution in [0.3, 0.4) is 0 Å². The summed E-state index contributed by atoms with van der Waals surface area (Å²) in [6.45, 7) is 0. The molecule has 28 heavy (non-hydrogen) atoms. The molecule has 6 nitrogen and oxygen atoms in total. The van der Waals surface area contributed by atoms with Crippen LogP contribution >= 0.6 is 11.8 Å². The third kappa shape index (κ3) is 4.33. The zero-order chi connectivity index (χ0) is 19.5. The van der Waals surface area contributed by atoms with Gasteiger partial charge in [-0.1, -0.05) is 54.2 Å². The summed E-state index contributed by atoms with van der Waals surface area (Å²) in [5, 5.41) is 11.4. The van der Waals surface area contributed by atoms with Crippen molar-refractivity contribution in [2.45, 2.75) is 35.7 Å². The minimum atomic E-state index is -0.466. The van der Waals surface area contributed by atoms with Crippen LogP contribution in [-0.4, -0.2) is 26.8 Å². The summed E-state index contributed by atoms with van der Waals surface area (Å²) in [6.07, 6.45) is 2.47. The van der Waals surface area contributed by atoms with E-state index < -0.39 is 5.25 Å². The van der Waals surface area contributed by atoms with Gasteiger partial charge in [0.25, 0.3) is 0 Å². The molecule has 1 aliphatic carbocycles. The Kier molecular flexibility index (Phi) is 5.29. The van der Waals surface area contributed by atoms with Crippen molar-refractivity contribution in [2.75, 3.05) is 5.84 Å². The molecule has 0 bridgehead atoms. The molecule has 1 aliphatic rings. The van der Waals surface area contributed by atoms with E-state index in [4.69, 9.17) is 5.84 Å². The Morgan fingerprint density at radius 3 is 2.57 bits per heavy atom. The quantitative estimate of drug-likeness (QED) is 0.473. The predicted molar refractivity (Wildman–Crippen MR) is 106 cm³/mol. The van der Waals surface area contributed by atoms with Gasteiger partial charge in [-0.3, -0.25) is 4.79 Å². The van der Waals surface area contributed by atoms with E-state index >= 15 is 0 Å². The number of nitrogens with zero attached hydrogens (tertiary/aromatic N) is 3. The lowest BCUT2D eigenvalue weighted by atomic mass is 10.1. The first-order valence-corrected chi connectivity index (χ1v) is 9.94. The number of rotatable bonds is 7. The van der Waals surface area contributed by atoms with Crippen molar-refractivity contribution in [1.82, 2.24) is 20.2 Å². The predicted octanol–water partition coefficient (Wildman–Crippen LogP) is 2.83. The van der Waals surface area contributed by atoms with Crippen LogP contribution in [0.1, 0.15) is 35.0 Å². The molecule has 0 saturated heterocycles. The normalized spacial score (nSPS) is 14.6. The van der Waals surface area contributed by atoms with E-state index in [0.717, 1.165) is 24.0 Å². The van der Waals surface area contributed by atoms with Crippen molar-refractivity contribution in [1.29, 1.82) is 0 Å². The van der Waals surface area contributed by atoms with Crippen LogP contribution in [0.5, 0.6) is 0 Å². The number of thioether (sulfide) groups is 1. The van der Waals surface area contributed by atoms with Gasteiger partial charge in [0.15, 0.2) is 5.82 Å². The van der Waals surface area contributed by atoms with E-state index in [0.29, 0.717) is 17.4 Å². The van der Waals surface area contributed by atoms with Gasteiger partial charge in [0.1, 0.15) is 11.1 Å². The second-order valence-electron chi connectivity index (χ2n) is 6.76. The summed E-state index contributed by atoms with van der Waals surface area (Å²) in [5.41, 5.74) is 1.76. The summed E-state index contributed by atoms with van der Waals surface area (Å²) in [7, 11) is 0. The van der Waals surface area contributed by atoms with Crippen LogP contribution in [0.2, 0.25) is 0 Å². The first-order chi connectivity index (χ1) is 13.6. The highest BCUT2D eigenvalue weighted by atomic mass is 32.2. The first-order valence-electron chi connectivity index (χ1n) is 9.06. The molecule has 2 aromatic carbocycles. The molecule has 1 saturated carbocycles. The summed E-state index contributed by atoms with van der Waals surface area (Å²) >= 11 is 1.27. The summed E-state index contributed by atoms with van der Waals surface area (Å²) < 4.78 is 14.5. The van der Waals surface area contributed by atoms with Gasteiger partial charge in [-0.15, -0.1) is 10.2 Å². The molecule has 1 aromatic heterocycles. The van der Waals surface area contributed by atoms with Crippen LogP contribution < -0.4 is 11.2 Å². The second kappa shape index (κ2) is 8.02. The average Bonchev–Trinajstić information content (AvgIpc) is 3.46. The molecule has 3 aromatic rings. The Bertz CT molecular complexity index is 956. The maximum absolute atomic E-state index is 13.1. The molecule has 0 unspecified atom stereocenters. The minimum Gasteiger partial charge on any atom is -0.352 e. The van der Waals surface area contributed by atoms with Gasteiger partial charge in [0, 0.05) is 12.5 Å². The highest BCUT2D eigenvalue weighted by Crippen LogP contribution is 2.35. The average molecular weight is 397 g/mol. The molecule has 0 aliphatic heterocycles. The smallest absolute Gasteiger partial charge is 0.238 e. The standard InChI is InChI=1S/C20H20FN5OS/c21-15-8-6-13(7-9-15)12-17-24-25-20(26(17)22)28-18(14-4-2-1-3-5-14)19(27)23-16-10-11-16/h1-9,16,18H,10-12,22H2,(H,23,27)/t18-/m0/s1. The molecule has 4 rings (SSSR count). The van der Waals surface area contributed by atoms with Gasteiger partial charge < -0.3 is 11.2 Å². The van der Waals surface area contributed by atoms with Crippen molar-refractivity contribution in [3.05, 3.63) is 77.4 Å². The molecular weight excluding hydrogens is 377 g/mol. The van der Waals surface area contributed by atoms with Crippen LogP contribution in [0, 0.1) is 5.82 Å². The van der Waals surface area contributed by atoms with Gasteiger partial charge in [-0.05, 0) is 36.1 Å². The number of nitrogen functional groups attached to an aromatic ring is 1. The monoisotopic (exact) mass is 397 g/mol. The molecular formula is C20H20FN5OS. The van der Waals surface area contributed by atoms with Gasteiger partial charge in [0.2, 0.25) is 11.1 Å². The van der Waals surface area contributed by atoms with E-state index in [1.165, 1.54) is 28.6 Å². The van der Waals surface area contributed by atoms with E-state index in [2.05, 4.69) is 15.5 Å². The van der Waals surface area contributed by atoms with Gasteiger partial charge >= 0.3 is 0 Å². The fourth-order valence-electron chi connectivity index (χ4n) is 2.80. The number of hydrogen-bond donors (Lipinski definition) is 2. The molecule has 1 heterocycles. The Labute approximate surface area is 166 Å². The minimum absolute atomic E-state index is 0.0539. The molecule has 1 fully saturated rings. The number of nitrogens with one attached hydrogen (secondary N) is 1. The lowest BCUT2D eigenvalue weighted by Gasteiger charge is -2.16. The lowest BCUT2D eigenvalue weighted by molar-refractivity contribution is -0.120. The van der Waals surface area contributed by atoms with Crippen molar-refractivity contribution < 1.29 is 9.18 Å². The largest absolute Gasteiger partial charge is 0.352 e. The van der Waals surface area contributed by atoms with Crippen LogP contribution in [0.25, 0.3) is 0 Å². The maximum Gasteiger partial charge on any atom is 0.238 e. The summed E-state index contributed by atoms with van der Waals surface area (Å²) in [5.74, 6) is 6.39. The fourth-order valence-corrected chi connectivity index (χ4v) is 3.79. The van der Waals surface area contributed by atoms with Gasteiger partial charge in [-0.2, -0.15) is 0 Å². The van der Waals surface area contributed by atoms with Crippen molar-refractivity contribution in [3.8, 4) is 0 Å². The van der Waals surface area contributed by atoms with E-state index in [-0.39, 0.29) is 17.8 Å². The molecule has 1 amide bonds. The number of carbonyl (C=O) groups excluding carboxylic acids is 1. The molecule has 144 valence electrons. The Morgan fingerprint density at radius 2 is 1.89 bits per heavy atom. The molecule has 0 radical (unpaired) electrons. The van der Waals surface area contributed by atoms with Crippen molar-refractivity contribution >= 4 is 17.7 Å². The number of nitrogens with two attached hydrogens (primary N) is 1. The van der Waals surface area contributed by atoms with Crippen LogP contribution in [0.15, 0.2) is 59.8 Å². The number of carbonyl (C=O) groups is 1. The molecule has 8 heteroatoms. The number of halogens is 1. The van der Waals surface area contributed by atoms with Gasteiger partial charge in [-0.25, -0.2) is 9.07 Å². The number of aromatic nitrogens is 3. The SMILES string of the molecule is Nn1c(Cc2ccc(F)cc2)nnc1S[C@H](C(=O)NC1CC1)c1ccccc1. The molecule has 0 spiro atoms. The van der Waals surface area contributed by atoms with Crippen LogP contribution in [0.4, 0.5) is 4.39 Å². The zero-order valence-corrected chi connectivity index (χ0v) is 15.9. The zero-order valence-electron chi connectivity index (χ0n) is 15.1. The van der Waals surface area contributed by atoms with Gasteiger partial charge in [0.05, 0.1) is 0 Å². The summed E-state index contributed by atoms with van der Waals surface area (Å²) in [6, 6.07) is 16.0. The Morgan fingerprint density at radius 1 is 1.18 bits per heavy atom. The molecule has 3 N–H and O–H groups in total. The highest BCUT2D eigenvalue weighted by Gasteiger charge is 2.30. The molecule has 1 atom stereocenters. The number of hydrogen-bond acceptors (Lipinski definition) is 5. The number of amides is 1. The van der Waals surface area contributed by atoms with Crippen molar-refractivity contribution in [3.63, 3.8) is 0 Å². The first kappa shape index (κ1) is 18.5. The van der Waals surface area contributed by atoms with Crippen molar-refractivity contribution in [2.24, 2.45) is 0 Å². The third-order valence-electron chi connectivity index (χ3n) is 4.50. The lowest BCUT2D eigenvalue weighted by Crippen LogP contribution is -2.30. The summed E-state index contributed by atoms with van der Waals surface area (Å²) in [4.78, 5) is 12.8. The maximum atomic E-state index is 13.1. The second-order valence-corrected chi connectivity index (χ2v) is 7.84. The fraction of sp³-hybridized carbons (Fsp3) is 0.250. The Balaban J connectivity index is 1.54. The van der Waals surface area contributed by atoms with E-state index in [1.54, 1.807) is 12.1 Å². The number of benzene rings is 2. The topological polar surface area (TPSA) is 85.8 Å². The van der Waals surface area contributed by atoms with E-state index in [1.807, 2.05) is 30.3 Å².